The lowest BCUT2D eigenvalue weighted by Gasteiger charge is -2.46. The number of hydrazone groups is 1. The summed E-state index contributed by atoms with van der Waals surface area (Å²) in [5, 5.41) is 7.03. The van der Waals surface area contributed by atoms with E-state index >= 15 is 0 Å². The molecule has 5 nitrogen and oxygen atoms in total. The quantitative estimate of drug-likeness (QED) is 0.789. The van der Waals surface area contributed by atoms with Crippen LogP contribution in [-0.2, 0) is 0 Å². The molecule has 5 aliphatic heterocycles. The number of piperidine rings is 3. The lowest BCUT2D eigenvalue weighted by Crippen LogP contribution is -2.56. The summed E-state index contributed by atoms with van der Waals surface area (Å²) in [6.07, 6.45) is 2.55. The van der Waals surface area contributed by atoms with E-state index in [9.17, 15) is 0 Å². The monoisotopic (exact) mass is 285 g/mol. The fourth-order valence-electron chi connectivity index (χ4n) is 4.35. The topological polar surface area (TPSA) is 37.3 Å². The van der Waals surface area contributed by atoms with Crippen molar-refractivity contribution in [3.8, 4) is 11.5 Å². The van der Waals surface area contributed by atoms with Crippen LogP contribution in [0.4, 0.5) is 0 Å². The van der Waals surface area contributed by atoms with Crippen LogP contribution in [0.15, 0.2) is 23.3 Å². The SMILES string of the molecule is CN1N=C2C3CCN(CC3)[C@H]2[C@H]1c1ccc2c(c1)OCO2. The van der Waals surface area contributed by atoms with Crippen LogP contribution in [0.5, 0.6) is 11.5 Å². The zero-order chi connectivity index (χ0) is 14.0. The second kappa shape index (κ2) is 4.13. The Morgan fingerprint density at radius 1 is 1.10 bits per heavy atom. The molecule has 1 aromatic carbocycles. The summed E-state index contributed by atoms with van der Waals surface area (Å²) in [5.41, 5.74) is 2.68. The van der Waals surface area contributed by atoms with E-state index in [-0.39, 0.29) is 0 Å². The molecule has 0 spiro atoms. The Morgan fingerprint density at radius 3 is 2.76 bits per heavy atom. The largest absolute Gasteiger partial charge is 0.454 e. The van der Waals surface area contributed by atoms with E-state index in [1.807, 2.05) is 6.07 Å². The number of benzene rings is 1. The van der Waals surface area contributed by atoms with Gasteiger partial charge in [-0.3, -0.25) is 9.91 Å². The highest BCUT2D eigenvalue weighted by Gasteiger charge is 2.48. The second-order valence-electron chi connectivity index (χ2n) is 6.41. The van der Waals surface area contributed by atoms with Crippen LogP contribution in [0.25, 0.3) is 0 Å². The molecule has 5 aliphatic rings. The predicted molar refractivity (Wildman–Crippen MR) is 78.6 cm³/mol. The lowest BCUT2D eigenvalue weighted by atomic mass is 9.78. The predicted octanol–water partition coefficient (Wildman–Crippen LogP) is 1.85. The normalized spacial score (nSPS) is 35.9. The van der Waals surface area contributed by atoms with Gasteiger partial charge in [0.2, 0.25) is 6.79 Å². The number of nitrogens with zero attached hydrogens (tertiary/aromatic N) is 3. The first-order valence-corrected chi connectivity index (χ1v) is 7.76. The maximum atomic E-state index is 5.54. The Kier molecular flexibility index (Phi) is 2.33. The van der Waals surface area contributed by atoms with Crippen LogP contribution in [0.3, 0.4) is 0 Å². The number of ether oxygens (including phenoxy) is 2. The third-order valence-electron chi connectivity index (χ3n) is 5.36. The molecule has 3 saturated heterocycles. The fraction of sp³-hybridized carbons (Fsp3) is 0.562. The molecule has 5 heteroatoms. The summed E-state index contributed by atoms with van der Waals surface area (Å²) in [6.45, 7) is 2.76. The van der Waals surface area contributed by atoms with Crippen LogP contribution in [0.2, 0.25) is 0 Å². The first kappa shape index (κ1) is 11.9. The Hall–Kier alpha value is -1.75. The van der Waals surface area contributed by atoms with Crippen molar-refractivity contribution in [1.82, 2.24) is 9.91 Å². The van der Waals surface area contributed by atoms with Gasteiger partial charge in [0, 0.05) is 13.0 Å². The molecule has 2 bridgehead atoms. The summed E-state index contributed by atoms with van der Waals surface area (Å²) < 4.78 is 11.0. The first-order chi connectivity index (χ1) is 10.3. The molecule has 2 atom stereocenters. The summed E-state index contributed by atoms with van der Waals surface area (Å²) in [5.74, 6) is 2.41. The van der Waals surface area contributed by atoms with Crippen LogP contribution >= 0.6 is 0 Å². The Bertz CT molecular complexity index is 622. The van der Waals surface area contributed by atoms with Crippen molar-refractivity contribution >= 4 is 5.71 Å². The number of hydrogen-bond acceptors (Lipinski definition) is 5. The molecule has 0 aliphatic carbocycles. The third-order valence-corrected chi connectivity index (χ3v) is 5.36. The van der Waals surface area contributed by atoms with Gasteiger partial charge in [-0.1, -0.05) is 6.07 Å². The van der Waals surface area contributed by atoms with Crippen molar-refractivity contribution in [3.63, 3.8) is 0 Å². The molecule has 5 heterocycles. The van der Waals surface area contributed by atoms with Crippen molar-refractivity contribution in [1.29, 1.82) is 0 Å². The van der Waals surface area contributed by atoms with Gasteiger partial charge in [0.25, 0.3) is 0 Å². The van der Waals surface area contributed by atoms with E-state index in [1.54, 1.807) is 0 Å². The minimum atomic E-state index is 0.303. The molecular weight excluding hydrogens is 266 g/mol. The van der Waals surface area contributed by atoms with E-state index in [0.717, 1.165) is 11.5 Å². The zero-order valence-corrected chi connectivity index (χ0v) is 12.2. The van der Waals surface area contributed by atoms with Gasteiger partial charge in [-0.05, 0) is 43.6 Å². The van der Waals surface area contributed by atoms with Gasteiger partial charge < -0.3 is 9.47 Å². The fourth-order valence-corrected chi connectivity index (χ4v) is 4.35. The Morgan fingerprint density at radius 2 is 1.90 bits per heavy atom. The van der Waals surface area contributed by atoms with Crippen molar-refractivity contribution in [2.75, 3.05) is 26.9 Å². The minimum Gasteiger partial charge on any atom is -0.454 e. The molecule has 0 aromatic heterocycles. The average Bonchev–Trinajstić information content (AvgIpc) is 3.11. The average molecular weight is 285 g/mol. The van der Waals surface area contributed by atoms with Gasteiger partial charge >= 0.3 is 0 Å². The standard InChI is InChI=1S/C16H19N3O2/c1-18-15(11-2-3-12-13(8-11)21-9-20-12)16-14(17-18)10-4-6-19(16)7-5-10/h2-3,8,10,15-16H,4-7,9H2,1H3/t15-,16-/m1/s1. The van der Waals surface area contributed by atoms with E-state index in [4.69, 9.17) is 14.6 Å². The molecule has 1 aromatic rings. The van der Waals surface area contributed by atoms with E-state index in [2.05, 4.69) is 29.1 Å². The molecule has 0 saturated carbocycles. The van der Waals surface area contributed by atoms with Crippen molar-refractivity contribution in [2.24, 2.45) is 11.0 Å². The Labute approximate surface area is 124 Å². The molecule has 110 valence electrons. The third kappa shape index (κ3) is 1.58. The van der Waals surface area contributed by atoms with Gasteiger partial charge in [0.1, 0.15) is 0 Å². The van der Waals surface area contributed by atoms with Crippen LogP contribution in [-0.4, -0.2) is 48.6 Å². The van der Waals surface area contributed by atoms with Crippen molar-refractivity contribution in [2.45, 2.75) is 24.9 Å². The Balaban J connectivity index is 1.55. The summed E-state index contributed by atoms with van der Waals surface area (Å²) in [4.78, 5) is 2.61. The number of hydrogen-bond donors (Lipinski definition) is 0. The number of fused-ring (bicyclic) bond motifs is 3. The smallest absolute Gasteiger partial charge is 0.231 e. The maximum absolute atomic E-state index is 5.54. The van der Waals surface area contributed by atoms with E-state index in [1.165, 1.54) is 37.2 Å². The lowest BCUT2D eigenvalue weighted by molar-refractivity contribution is 0.106. The van der Waals surface area contributed by atoms with Crippen molar-refractivity contribution < 1.29 is 9.47 Å². The summed E-state index contributed by atoms with van der Waals surface area (Å²) in [6, 6.07) is 7.07. The van der Waals surface area contributed by atoms with Crippen molar-refractivity contribution in [3.05, 3.63) is 23.8 Å². The van der Waals surface area contributed by atoms with E-state index in [0.29, 0.717) is 24.8 Å². The highest BCUT2D eigenvalue weighted by Crippen LogP contribution is 2.44. The first-order valence-electron chi connectivity index (χ1n) is 7.76. The summed E-state index contributed by atoms with van der Waals surface area (Å²) >= 11 is 0. The molecule has 3 fully saturated rings. The van der Waals surface area contributed by atoms with Gasteiger partial charge in [0.05, 0.1) is 17.8 Å². The van der Waals surface area contributed by atoms with E-state index < -0.39 is 0 Å². The minimum absolute atomic E-state index is 0.303. The molecule has 0 radical (unpaired) electrons. The maximum Gasteiger partial charge on any atom is 0.231 e. The van der Waals surface area contributed by atoms with Gasteiger partial charge in [-0.25, -0.2) is 0 Å². The van der Waals surface area contributed by atoms with Gasteiger partial charge in [0.15, 0.2) is 11.5 Å². The summed E-state index contributed by atoms with van der Waals surface area (Å²) in [7, 11) is 2.10. The zero-order valence-electron chi connectivity index (χ0n) is 12.2. The van der Waals surface area contributed by atoms with Gasteiger partial charge in [-0.15, -0.1) is 0 Å². The van der Waals surface area contributed by atoms with Crippen LogP contribution in [0, 0.1) is 5.92 Å². The molecule has 21 heavy (non-hydrogen) atoms. The highest BCUT2D eigenvalue weighted by atomic mass is 16.7. The van der Waals surface area contributed by atoms with Gasteiger partial charge in [-0.2, -0.15) is 5.10 Å². The molecular formula is C16H19N3O2. The van der Waals surface area contributed by atoms with Crippen LogP contribution in [0.1, 0.15) is 24.4 Å². The molecule has 6 rings (SSSR count). The van der Waals surface area contributed by atoms with Crippen LogP contribution < -0.4 is 9.47 Å². The second-order valence-corrected chi connectivity index (χ2v) is 6.41. The number of likely N-dealkylation sites (N-methyl/N-ethyl adjacent to an activating group) is 1. The molecule has 0 unspecified atom stereocenters. The highest BCUT2D eigenvalue weighted by molar-refractivity contribution is 5.95. The molecule has 0 amide bonds. The number of rotatable bonds is 1. The molecule has 0 N–H and O–H groups in total.